The molecule has 0 atom stereocenters. The van der Waals surface area contributed by atoms with Crippen LogP contribution in [-0.4, -0.2) is 54.5 Å². The maximum atomic E-state index is 12.7. The van der Waals surface area contributed by atoms with E-state index in [1.165, 1.54) is 6.33 Å². The van der Waals surface area contributed by atoms with Crippen LogP contribution < -0.4 is 10.2 Å². The minimum Gasteiger partial charge on any atom is -0.369 e. The van der Waals surface area contributed by atoms with E-state index in [0.717, 1.165) is 18.8 Å². The van der Waals surface area contributed by atoms with Crippen LogP contribution in [0.4, 0.5) is 11.5 Å². The normalized spacial score (nSPS) is 10.6. The van der Waals surface area contributed by atoms with Crippen molar-refractivity contribution < 1.29 is 4.79 Å². The molecule has 0 unspecified atom stereocenters. The van der Waals surface area contributed by atoms with Crippen molar-refractivity contribution in [2.24, 2.45) is 0 Å². The van der Waals surface area contributed by atoms with E-state index in [4.69, 9.17) is 0 Å². The number of para-hydroxylation sites is 1. The molecular weight excluding hydrogens is 290 g/mol. The molecule has 0 aliphatic carbocycles. The maximum absolute atomic E-state index is 12.7. The Morgan fingerprint density at radius 3 is 2.57 bits per heavy atom. The van der Waals surface area contributed by atoms with Gasteiger partial charge in [0.15, 0.2) is 0 Å². The van der Waals surface area contributed by atoms with Crippen molar-refractivity contribution in [3.8, 4) is 0 Å². The van der Waals surface area contributed by atoms with E-state index in [2.05, 4.69) is 20.2 Å². The molecule has 0 saturated carbocycles. The maximum Gasteiger partial charge on any atom is 0.277 e. The lowest BCUT2D eigenvalue weighted by Crippen LogP contribution is -2.31. The number of hydrogen-bond acceptors (Lipinski definition) is 5. The minimum absolute atomic E-state index is 0.128. The molecule has 2 rings (SSSR count). The van der Waals surface area contributed by atoms with Crippen molar-refractivity contribution in [2.75, 3.05) is 43.9 Å². The van der Waals surface area contributed by atoms with Crippen LogP contribution in [0.25, 0.3) is 0 Å². The molecular formula is C17H23N5O. The molecule has 122 valence electrons. The van der Waals surface area contributed by atoms with Gasteiger partial charge in [-0.2, -0.15) is 0 Å². The highest BCUT2D eigenvalue weighted by Crippen LogP contribution is 2.16. The number of aromatic nitrogens is 2. The van der Waals surface area contributed by atoms with Crippen LogP contribution >= 0.6 is 0 Å². The number of carbonyl (C=O) groups is 1. The van der Waals surface area contributed by atoms with E-state index in [0.29, 0.717) is 18.1 Å². The molecule has 0 aliphatic rings. The lowest BCUT2D eigenvalue weighted by Gasteiger charge is -2.20. The summed E-state index contributed by atoms with van der Waals surface area (Å²) >= 11 is 0. The molecule has 0 spiro atoms. The third-order valence-corrected chi connectivity index (χ3v) is 3.38. The highest BCUT2D eigenvalue weighted by molar-refractivity contribution is 6.05. The summed E-state index contributed by atoms with van der Waals surface area (Å²) in [6, 6.07) is 11.3. The zero-order chi connectivity index (χ0) is 16.7. The minimum atomic E-state index is -0.128. The first-order chi connectivity index (χ1) is 11.1. The monoisotopic (exact) mass is 313 g/mol. The lowest BCUT2D eigenvalue weighted by molar-refractivity contribution is 0.0983. The first-order valence-electron chi connectivity index (χ1n) is 7.69. The Bertz CT molecular complexity index is 630. The van der Waals surface area contributed by atoms with Crippen molar-refractivity contribution in [3.63, 3.8) is 0 Å². The van der Waals surface area contributed by atoms with Gasteiger partial charge in [-0.25, -0.2) is 9.97 Å². The molecule has 1 N–H and O–H groups in total. The van der Waals surface area contributed by atoms with Crippen molar-refractivity contribution in [1.29, 1.82) is 0 Å². The van der Waals surface area contributed by atoms with Gasteiger partial charge in [-0.3, -0.25) is 4.79 Å². The fourth-order valence-electron chi connectivity index (χ4n) is 2.17. The van der Waals surface area contributed by atoms with Gasteiger partial charge in [0, 0.05) is 31.4 Å². The molecule has 23 heavy (non-hydrogen) atoms. The zero-order valence-corrected chi connectivity index (χ0v) is 13.9. The summed E-state index contributed by atoms with van der Waals surface area (Å²) in [7, 11) is 4.02. The molecule has 0 saturated heterocycles. The number of carbonyl (C=O) groups excluding carboxylic acids is 1. The van der Waals surface area contributed by atoms with Gasteiger partial charge >= 0.3 is 0 Å². The fraction of sp³-hybridized carbons (Fsp3) is 0.353. The molecule has 1 heterocycles. The Balaban J connectivity index is 2.12. The van der Waals surface area contributed by atoms with E-state index < -0.39 is 0 Å². The van der Waals surface area contributed by atoms with E-state index in [1.807, 2.05) is 51.4 Å². The largest absolute Gasteiger partial charge is 0.369 e. The summed E-state index contributed by atoms with van der Waals surface area (Å²) in [5, 5.41) is 3.20. The highest BCUT2D eigenvalue weighted by Gasteiger charge is 2.17. The molecule has 0 fully saturated rings. The lowest BCUT2D eigenvalue weighted by atomic mass is 10.2. The second kappa shape index (κ2) is 8.24. The predicted octanol–water partition coefficient (Wildman–Crippen LogP) is 2.12. The summed E-state index contributed by atoms with van der Waals surface area (Å²) in [4.78, 5) is 24.8. The van der Waals surface area contributed by atoms with Gasteiger partial charge in [-0.1, -0.05) is 18.2 Å². The summed E-state index contributed by atoms with van der Waals surface area (Å²) in [6.45, 7) is 4.17. The van der Waals surface area contributed by atoms with Crippen LogP contribution in [-0.2, 0) is 0 Å². The Labute approximate surface area is 137 Å². The molecule has 0 aliphatic heterocycles. The number of rotatable bonds is 7. The number of likely N-dealkylation sites (N-methyl/N-ethyl adjacent to an activating group) is 1. The second-order valence-corrected chi connectivity index (χ2v) is 5.40. The van der Waals surface area contributed by atoms with E-state index in [-0.39, 0.29) is 5.91 Å². The van der Waals surface area contributed by atoms with E-state index in [9.17, 15) is 4.79 Å². The van der Waals surface area contributed by atoms with Crippen molar-refractivity contribution in [1.82, 2.24) is 14.9 Å². The van der Waals surface area contributed by atoms with E-state index in [1.54, 1.807) is 11.0 Å². The van der Waals surface area contributed by atoms with Crippen LogP contribution in [0, 0.1) is 0 Å². The molecule has 0 bridgehead atoms. The van der Waals surface area contributed by atoms with Gasteiger partial charge in [-0.15, -0.1) is 0 Å². The number of hydrogen-bond donors (Lipinski definition) is 1. The third-order valence-electron chi connectivity index (χ3n) is 3.38. The summed E-state index contributed by atoms with van der Waals surface area (Å²) in [5.41, 5.74) is 1.25. The Kier molecular flexibility index (Phi) is 6.05. The first kappa shape index (κ1) is 16.9. The predicted molar refractivity (Wildman–Crippen MR) is 92.9 cm³/mol. The number of anilines is 2. The smallest absolute Gasteiger partial charge is 0.277 e. The Hall–Kier alpha value is -2.47. The number of amides is 1. The van der Waals surface area contributed by atoms with Gasteiger partial charge in [0.05, 0.1) is 0 Å². The topological polar surface area (TPSA) is 61.4 Å². The SMILES string of the molecule is CCN(C(=O)c1cc(NCCN(C)C)ncn1)c1ccccc1. The Morgan fingerprint density at radius 1 is 1.17 bits per heavy atom. The quantitative estimate of drug-likeness (QED) is 0.848. The van der Waals surface area contributed by atoms with Crippen LogP contribution in [0.3, 0.4) is 0 Å². The summed E-state index contributed by atoms with van der Waals surface area (Å²) < 4.78 is 0. The summed E-state index contributed by atoms with van der Waals surface area (Å²) in [6.07, 6.45) is 1.42. The van der Waals surface area contributed by atoms with E-state index >= 15 is 0 Å². The first-order valence-corrected chi connectivity index (χ1v) is 7.69. The highest BCUT2D eigenvalue weighted by atomic mass is 16.2. The average molecular weight is 313 g/mol. The fourth-order valence-corrected chi connectivity index (χ4v) is 2.17. The standard InChI is InChI=1S/C17H23N5O/c1-4-22(14-8-6-5-7-9-14)17(23)15-12-16(20-13-19-15)18-10-11-21(2)3/h5-9,12-13H,4,10-11H2,1-3H3,(H,18,19,20). The van der Waals surface area contributed by atoms with Crippen molar-refractivity contribution >= 4 is 17.4 Å². The van der Waals surface area contributed by atoms with Gasteiger partial charge < -0.3 is 15.1 Å². The average Bonchev–Trinajstić information content (AvgIpc) is 2.56. The molecule has 1 amide bonds. The Morgan fingerprint density at radius 2 is 1.91 bits per heavy atom. The van der Waals surface area contributed by atoms with Crippen LogP contribution in [0.1, 0.15) is 17.4 Å². The van der Waals surface area contributed by atoms with Crippen molar-refractivity contribution in [2.45, 2.75) is 6.92 Å². The molecule has 1 aromatic carbocycles. The third kappa shape index (κ3) is 4.75. The molecule has 6 heteroatoms. The van der Waals surface area contributed by atoms with Gasteiger partial charge in [-0.05, 0) is 33.2 Å². The molecule has 2 aromatic rings. The number of nitrogens with one attached hydrogen (secondary N) is 1. The molecule has 1 aromatic heterocycles. The zero-order valence-electron chi connectivity index (χ0n) is 13.9. The summed E-state index contributed by atoms with van der Waals surface area (Å²) in [5.74, 6) is 0.533. The van der Waals surface area contributed by atoms with Gasteiger partial charge in [0.25, 0.3) is 5.91 Å². The molecule has 6 nitrogen and oxygen atoms in total. The van der Waals surface area contributed by atoms with Gasteiger partial charge in [0.2, 0.25) is 0 Å². The van der Waals surface area contributed by atoms with Gasteiger partial charge in [0.1, 0.15) is 17.8 Å². The number of benzene rings is 1. The molecule has 0 radical (unpaired) electrons. The van der Waals surface area contributed by atoms with Crippen LogP contribution in [0.5, 0.6) is 0 Å². The van der Waals surface area contributed by atoms with Crippen LogP contribution in [0.15, 0.2) is 42.7 Å². The van der Waals surface area contributed by atoms with Crippen LogP contribution in [0.2, 0.25) is 0 Å². The second-order valence-electron chi connectivity index (χ2n) is 5.40. The number of nitrogens with zero attached hydrogens (tertiary/aromatic N) is 4. The van der Waals surface area contributed by atoms with Crippen molar-refractivity contribution in [3.05, 3.63) is 48.4 Å².